The van der Waals surface area contributed by atoms with Gasteiger partial charge in [0.05, 0.1) is 5.56 Å². The van der Waals surface area contributed by atoms with Gasteiger partial charge in [0.2, 0.25) is 0 Å². The summed E-state index contributed by atoms with van der Waals surface area (Å²) in [4.78, 5) is 0. The molecule has 20 heavy (non-hydrogen) atoms. The second kappa shape index (κ2) is 5.04. The fourth-order valence-electron chi connectivity index (χ4n) is 3.88. The van der Waals surface area contributed by atoms with Gasteiger partial charge in [-0.25, -0.2) is 0 Å². The van der Waals surface area contributed by atoms with Gasteiger partial charge in [0.1, 0.15) is 0 Å². The van der Waals surface area contributed by atoms with Gasteiger partial charge in [0.25, 0.3) is 0 Å². The van der Waals surface area contributed by atoms with E-state index in [9.17, 15) is 13.2 Å². The number of benzene rings is 1. The van der Waals surface area contributed by atoms with Crippen LogP contribution < -0.4 is 11.3 Å². The van der Waals surface area contributed by atoms with Crippen molar-refractivity contribution in [3.8, 4) is 0 Å². The Labute approximate surface area is 116 Å². The number of hydrogen-bond acceptors (Lipinski definition) is 2. The van der Waals surface area contributed by atoms with Gasteiger partial charge in [0, 0.05) is 6.04 Å². The Morgan fingerprint density at radius 3 is 2.35 bits per heavy atom. The molecule has 0 saturated heterocycles. The van der Waals surface area contributed by atoms with Gasteiger partial charge < -0.3 is 0 Å². The lowest BCUT2D eigenvalue weighted by Crippen LogP contribution is -2.30. The molecule has 2 nitrogen and oxygen atoms in total. The summed E-state index contributed by atoms with van der Waals surface area (Å²) < 4.78 is 38.4. The first-order valence-electron chi connectivity index (χ1n) is 7.15. The number of rotatable bonds is 3. The van der Waals surface area contributed by atoms with Crippen molar-refractivity contribution in [2.75, 3.05) is 0 Å². The zero-order valence-electron chi connectivity index (χ0n) is 11.2. The van der Waals surface area contributed by atoms with Crippen LogP contribution in [0.4, 0.5) is 13.2 Å². The van der Waals surface area contributed by atoms with Crippen LogP contribution in [0.1, 0.15) is 42.9 Å². The van der Waals surface area contributed by atoms with Crippen LogP contribution in [-0.2, 0) is 6.18 Å². The third kappa shape index (κ3) is 2.44. The molecule has 3 atom stereocenters. The molecule has 1 aromatic rings. The third-order valence-corrected chi connectivity index (χ3v) is 4.86. The van der Waals surface area contributed by atoms with E-state index in [4.69, 9.17) is 5.84 Å². The lowest BCUT2D eigenvalue weighted by atomic mass is 9.98. The molecule has 1 aromatic carbocycles. The van der Waals surface area contributed by atoms with Crippen LogP contribution in [0, 0.1) is 17.8 Å². The van der Waals surface area contributed by atoms with Crippen molar-refractivity contribution in [3.05, 3.63) is 35.4 Å². The minimum absolute atomic E-state index is 0.162. The lowest BCUT2D eigenvalue weighted by molar-refractivity contribution is -0.137. The molecule has 0 spiro atoms. The minimum Gasteiger partial charge on any atom is -0.271 e. The van der Waals surface area contributed by atoms with E-state index in [-0.39, 0.29) is 6.04 Å². The van der Waals surface area contributed by atoms with E-state index >= 15 is 0 Å². The van der Waals surface area contributed by atoms with Crippen molar-refractivity contribution in [1.82, 2.24) is 5.43 Å². The Morgan fingerprint density at radius 1 is 1.15 bits per heavy atom. The van der Waals surface area contributed by atoms with Crippen molar-refractivity contribution >= 4 is 0 Å². The summed E-state index contributed by atoms with van der Waals surface area (Å²) in [7, 11) is 0. The number of nitrogens with two attached hydrogens (primary N) is 1. The van der Waals surface area contributed by atoms with E-state index in [1.54, 1.807) is 6.07 Å². The molecule has 2 aliphatic rings. The zero-order chi connectivity index (χ0) is 14.3. The Balaban J connectivity index is 1.83. The van der Waals surface area contributed by atoms with Crippen LogP contribution in [0.2, 0.25) is 0 Å². The van der Waals surface area contributed by atoms with Crippen LogP contribution >= 0.6 is 0 Å². The van der Waals surface area contributed by atoms with Crippen molar-refractivity contribution in [3.63, 3.8) is 0 Å². The SMILES string of the molecule is NNC(c1cccc(C(F)(F)F)c1)C1C2CCCCC21. The first-order valence-corrected chi connectivity index (χ1v) is 7.15. The normalized spacial score (nSPS) is 30.7. The molecule has 0 bridgehead atoms. The molecular formula is C15H19F3N2. The standard InChI is InChI=1S/C15H19F3N2/c16-15(17,18)10-5-3-4-9(8-10)14(20-19)13-11-6-1-2-7-12(11)13/h3-5,8,11-14,20H,1-2,6-7,19H2. The van der Waals surface area contributed by atoms with Crippen LogP contribution in [-0.4, -0.2) is 0 Å². The van der Waals surface area contributed by atoms with Gasteiger partial charge in [-0.05, 0) is 48.3 Å². The molecule has 2 aliphatic carbocycles. The number of hydrogen-bond donors (Lipinski definition) is 2. The minimum atomic E-state index is -4.30. The predicted molar refractivity (Wildman–Crippen MR) is 70.4 cm³/mol. The third-order valence-electron chi connectivity index (χ3n) is 4.86. The summed E-state index contributed by atoms with van der Waals surface area (Å²) in [5.41, 5.74) is 2.80. The number of fused-ring (bicyclic) bond motifs is 1. The molecule has 2 fully saturated rings. The van der Waals surface area contributed by atoms with E-state index in [2.05, 4.69) is 5.43 Å². The van der Waals surface area contributed by atoms with E-state index in [1.165, 1.54) is 37.8 Å². The van der Waals surface area contributed by atoms with Crippen LogP contribution in [0.3, 0.4) is 0 Å². The topological polar surface area (TPSA) is 38.0 Å². The highest BCUT2D eigenvalue weighted by Gasteiger charge is 2.54. The van der Waals surface area contributed by atoms with Crippen LogP contribution in [0.5, 0.6) is 0 Å². The molecule has 3 unspecified atom stereocenters. The van der Waals surface area contributed by atoms with Crippen molar-refractivity contribution < 1.29 is 13.2 Å². The summed E-state index contributed by atoms with van der Waals surface area (Å²) >= 11 is 0. The highest BCUT2D eigenvalue weighted by atomic mass is 19.4. The molecule has 0 aliphatic heterocycles. The van der Waals surface area contributed by atoms with Crippen molar-refractivity contribution in [1.29, 1.82) is 0 Å². The Morgan fingerprint density at radius 2 is 1.80 bits per heavy atom. The highest BCUT2D eigenvalue weighted by molar-refractivity contribution is 5.30. The summed E-state index contributed by atoms with van der Waals surface area (Å²) in [6.45, 7) is 0. The van der Waals surface area contributed by atoms with Gasteiger partial charge >= 0.3 is 6.18 Å². The molecule has 5 heteroatoms. The molecular weight excluding hydrogens is 265 g/mol. The predicted octanol–water partition coefficient (Wildman–Crippen LogP) is 3.65. The van der Waals surface area contributed by atoms with Gasteiger partial charge in [-0.15, -0.1) is 0 Å². The molecule has 110 valence electrons. The largest absolute Gasteiger partial charge is 0.416 e. The number of nitrogens with one attached hydrogen (secondary N) is 1. The molecule has 3 N–H and O–H groups in total. The Hall–Kier alpha value is -1.07. The highest BCUT2D eigenvalue weighted by Crippen LogP contribution is 2.60. The maximum atomic E-state index is 12.8. The van der Waals surface area contributed by atoms with E-state index in [1.807, 2.05) is 0 Å². The van der Waals surface area contributed by atoms with E-state index in [0.29, 0.717) is 23.3 Å². The van der Waals surface area contributed by atoms with Crippen LogP contribution in [0.15, 0.2) is 24.3 Å². The van der Waals surface area contributed by atoms with Crippen molar-refractivity contribution in [2.45, 2.75) is 37.9 Å². The van der Waals surface area contributed by atoms with Crippen LogP contribution in [0.25, 0.3) is 0 Å². The maximum Gasteiger partial charge on any atom is 0.416 e. The average Bonchev–Trinajstić information content (AvgIpc) is 3.14. The summed E-state index contributed by atoms with van der Waals surface area (Å²) in [5, 5.41) is 0. The Kier molecular flexibility index (Phi) is 3.50. The average molecular weight is 284 g/mol. The summed E-state index contributed by atoms with van der Waals surface area (Å²) in [5.74, 6) is 7.30. The Bertz CT molecular complexity index is 474. The van der Waals surface area contributed by atoms with Gasteiger partial charge in [0.15, 0.2) is 0 Å². The van der Waals surface area contributed by atoms with Gasteiger partial charge in [-0.2, -0.15) is 13.2 Å². The van der Waals surface area contributed by atoms with Gasteiger partial charge in [-0.1, -0.05) is 25.0 Å². The van der Waals surface area contributed by atoms with E-state index in [0.717, 1.165) is 6.07 Å². The fraction of sp³-hybridized carbons (Fsp3) is 0.600. The molecule has 0 radical (unpaired) electrons. The second-order valence-corrected chi connectivity index (χ2v) is 5.96. The molecule has 2 saturated carbocycles. The first-order chi connectivity index (χ1) is 9.52. The summed E-state index contributed by atoms with van der Waals surface area (Å²) in [6.07, 6.45) is 0.541. The lowest BCUT2D eigenvalue weighted by Gasteiger charge is -2.18. The number of hydrazine groups is 1. The fourth-order valence-corrected chi connectivity index (χ4v) is 3.88. The smallest absolute Gasteiger partial charge is 0.271 e. The summed E-state index contributed by atoms with van der Waals surface area (Å²) in [6, 6.07) is 5.38. The second-order valence-electron chi connectivity index (χ2n) is 5.96. The molecule has 0 heterocycles. The molecule has 0 amide bonds. The van der Waals surface area contributed by atoms with E-state index < -0.39 is 11.7 Å². The maximum absolute atomic E-state index is 12.8. The quantitative estimate of drug-likeness (QED) is 0.657. The molecule has 0 aromatic heterocycles. The van der Waals surface area contributed by atoms with Crippen molar-refractivity contribution in [2.24, 2.45) is 23.6 Å². The first kappa shape index (κ1) is 13.9. The number of alkyl halides is 3. The number of halogens is 3. The van der Waals surface area contributed by atoms with Gasteiger partial charge in [-0.3, -0.25) is 11.3 Å². The zero-order valence-corrected chi connectivity index (χ0v) is 11.2. The monoisotopic (exact) mass is 284 g/mol. The molecule has 3 rings (SSSR count).